The molecule has 2 nitrogen and oxygen atoms in total. The van der Waals surface area contributed by atoms with Gasteiger partial charge in [0.05, 0.1) is 17.3 Å². The van der Waals surface area contributed by atoms with Crippen molar-refractivity contribution >= 4 is 10.9 Å². The maximum Gasteiger partial charge on any atom is 0.0726 e. The number of hydrogen-bond acceptors (Lipinski definition) is 2. The Bertz CT molecular complexity index is 760. The number of para-hydroxylation sites is 1. The van der Waals surface area contributed by atoms with E-state index in [9.17, 15) is 0 Å². The maximum atomic E-state index is 6.41. The first kappa shape index (κ1) is 13.8. The highest BCUT2D eigenvalue weighted by atomic mass is 14.8. The predicted octanol–water partition coefficient (Wildman–Crippen LogP) is 4.15. The molecule has 0 fully saturated rings. The Morgan fingerprint density at radius 1 is 1.05 bits per heavy atom. The lowest BCUT2D eigenvalue weighted by Crippen LogP contribution is -2.14. The van der Waals surface area contributed by atoms with Crippen LogP contribution in [0.4, 0.5) is 0 Å². The van der Waals surface area contributed by atoms with Gasteiger partial charge in [0.1, 0.15) is 0 Å². The second kappa shape index (κ2) is 5.66. The number of rotatable bonds is 3. The van der Waals surface area contributed by atoms with Crippen LogP contribution in [0.25, 0.3) is 10.9 Å². The molecule has 3 aromatic rings. The number of aryl methyl sites for hydroxylation is 2. The highest BCUT2D eigenvalue weighted by Gasteiger charge is 2.12. The quantitative estimate of drug-likeness (QED) is 0.780. The topological polar surface area (TPSA) is 38.9 Å². The molecule has 3 rings (SSSR count). The maximum absolute atomic E-state index is 6.41. The van der Waals surface area contributed by atoms with Crippen LogP contribution in [0.1, 0.15) is 35.3 Å². The van der Waals surface area contributed by atoms with Gasteiger partial charge in [-0.05, 0) is 42.2 Å². The predicted molar refractivity (Wildman–Crippen MR) is 88.3 cm³/mol. The summed E-state index contributed by atoms with van der Waals surface area (Å²) in [7, 11) is 0. The van der Waals surface area contributed by atoms with Crippen LogP contribution in [-0.2, 0) is 6.42 Å². The minimum Gasteiger partial charge on any atom is -0.319 e. The molecule has 0 aliphatic rings. The van der Waals surface area contributed by atoms with Gasteiger partial charge in [-0.15, -0.1) is 0 Å². The molecule has 0 aliphatic carbocycles. The number of nitrogens with zero attached hydrogens (tertiary/aromatic N) is 1. The Morgan fingerprint density at radius 2 is 1.76 bits per heavy atom. The minimum absolute atomic E-state index is 0.181. The van der Waals surface area contributed by atoms with Crippen LogP contribution in [0.2, 0.25) is 0 Å². The first-order valence-corrected chi connectivity index (χ1v) is 7.39. The van der Waals surface area contributed by atoms with E-state index in [1.165, 1.54) is 16.5 Å². The molecule has 1 heterocycles. The lowest BCUT2D eigenvalue weighted by Gasteiger charge is -2.14. The van der Waals surface area contributed by atoms with Crippen molar-refractivity contribution in [3.63, 3.8) is 0 Å². The zero-order valence-corrected chi connectivity index (χ0v) is 12.5. The molecule has 21 heavy (non-hydrogen) atoms. The zero-order chi connectivity index (χ0) is 14.8. The van der Waals surface area contributed by atoms with Crippen LogP contribution in [0, 0.1) is 6.92 Å². The summed E-state index contributed by atoms with van der Waals surface area (Å²) in [5.74, 6) is 0. The molecule has 1 atom stereocenters. The molecule has 0 amide bonds. The van der Waals surface area contributed by atoms with Gasteiger partial charge in [-0.25, -0.2) is 0 Å². The van der Waals surface area contributed by atoms with Crippen molar-refractivity contribution in [2.24, 2.45) is 5.73 Å². The molecule has 0 radical (unpaired) electrons. The number of aromatic nitrogens is 1. The second-order valence-corrected chi connectivity index (χ2v) is 5.45. The summed E-state index contributed by atoms with van der Waals surface area (Å²) in [6, 6.07) is 18.6. The van der Waals surface area contributed by atoms with E-state index >= 15 is 0 Å². The van der Waals surface area contributed by atoms with Crippen molar-refractivity contribution in [1.82, 2.24) is 4.98 Å². The fourth-order valence-electron chi connectivity index (χ4n) is 2.67. The highest BCUT2D eigenvalue weighted by molar-refractivity contribution is 5.82. The fourth-order valence-corrected chi connectivity index (χ4v) is 2.67. The van der Waals surface area contributed by atoms with Gasteiger partial charge in [0.25, 0.3) is 0 Å². The summed E-state index contributed by atoms with van der Waals surface area (Å²) in [4.78, 5) is 4.73. The molecular weight excluding hydrogens is 256 g/mol. The lowest BCUT2D eigenvalue weighted by atomic mass is 9.99. The molecule has 2 aromatic carbocycles. The zero-order valence-electron chi connectivity index (χ0n) is 12.5. The second-order valence-electron chi connectivity index (χ2n) is 5.45. The Labute approximate surface area is 125 Å². The number of hydrogen-bond donors (Lipinski definition) is 1. The van der Waals surface area contributed by atoms with Crippen LogP contribution in [-0.4, -0.2) is 4.98 Å². The third-order valence-corrected chi connectivity index (χ3v) is 4.01. The molecule has 0 aliphatic heterocycles. The average molecular weight is 276 g/mol. The van der Waals surface area contributed by atoms with Gasteiger partial charge in [0.2, 0.25) is 0 Å². The van der Waals surface area contributed by atoms with Crippen molar-refractivity contribution in [2.75, 3.05) is 0 Å². The largest absolute Gasteiger partial charge is 0.319 e. The monoisotopic (exact) mass is 276 g/mol. The van der Waals surface area contributed by atoms with Crippen molar-refractivity contribution in [2.45, 2.75) is 26.3 Å². The Balaban J connectivity index is 2.02. The number of nitrogens with two attached hydrogens (primary N) is 1. The van der Waals surface area contributed by atoms with Gasteiger partial charge in [-0.1, -0.05) is 49.4 Å². The number of benzene rings is 2. The van der Waals surface area contributed by atoms with Crippen molar-refractivity contribution in [3.05, 3.63) is 77.0 Å². The molecule has 0 saturated carbocycles. The molecule has 1 unspecified atom stereocenters. The van der Waals surface area contributed by atoms with E-state index in [0.29, 0.717) is 0 Å². The van der Waals surface area contributed by atoms with Gasteiger partial charge >= 0.3 is 0 Å². The molecule has 2 N–H and O–H groups in total. The molecule has 0 bridgehead atoms. The molecule has 2 heteroatoms. The van der Waals surface area contributed by atoms with Crippen LogP contribution < -0.4 is 5.73 Å². The summed E-state index contributed by atoms with van der Waals surface area (Å²) in [6.07, 6.45) is 1.04. The van der Waals surface area contributed by atoms with Gasteiger partial charge in [0, 0.05) is 5.39 Å². The summed E-state index contributed by atoms with van der Waals surface area (Å²) in [6.45, 7) is 4.27. The Hall–Kier alpha value is -2.19. The third-order valence-electron chi connectivity index (χ3n) is 4.01. The summed E-state index contributed by atoms with van der Waals surface area (Å²) in [5, 5.41) is 1.19. The van der Waals surface area contributed by atoms with E-state index < -0.39 is 0 Å². The number of pyridine rings is 1. The molecule has 106 valence electrons. The summed E-state index contributed by atoms with van der Waals surface area (Å²) in [5.41, 5.74) is 12.0. The molecule has 0 spiro atoms. The van der Waals surface area contributed by atoms with Gasteiger partial charge in [0.15, 0.2) is 0 Å². The van der Waals surface area contributed by atoms with Gasteiger partial charge in [-0.3, -0.25) is 4.98 Å². The Kier molecular flexibility index (Phi) is 3.72. The van der Waals surface area contributed by atoms with Crippen molar-refractivity contribution in [3.8, 4) is 0 Å². The fraction of sp³-hybridized carbons (Fsp3) is 0.211. The van der Waals surface area contributed by atoms with E-state index in [4.69, 9.17) is 10.7 Å². The van der Waals surface area contributed by atoms with Crippen molar-refractivity contribution < 1.29 is 0 Å². The Morgan fingerprint density at radius 3 is 2.48 bits per heavy atom. The van der Waals surface area contributed by atoms with Gasteiger partial charge in [-0.2, -0.15) is 0 Å². The van der Waals surface area contributed by atoms with E-state index in [1.807, 2.05) is 18.2 Å². The minimum atomic E-state index is -0.181. The van der Waals surface area contributed by atoms with E-state index in [1.54, 1.807) is 0 Å². The van der Waals surface area contributed by atoms with Crippen LogP contribution in [0.5, 0.6) is 0 Å². The van der Waals surface area contributed by atoms with E-state index in [0.717, 1.165) is 23.2 Å². The lowest BCUT2D eigenvalue weighted by molar-refractivity contribution is 0.833. The molecular formula is C19H20N2. The van der Waals surface area contributed by atoms with E-state index in [-0.39, 0.29) is 6.04 Å². The highest BCUT2D eigenvalue weighted by Crippen LogP contribution is 2.24. The van der Waals surface area contributed by atoms with Crippen LogP contribution >= 0.6 is 0 Å². The number of fused-ring (bicyclic) bond motifs is 1. The first-order chi connectivity index (χ1) is 10.2. The average Bonchev–Trinajstić information content (AvgIpc) is 2.54. The van der Waals surface area contributed by atoms with Gasteiger partial charge < -0.3 is 5.73 Å². The third kappa shape index (κ3) is 2.67. The van der Waals surface area contributed by atoms with E-state index in [2.05, 4.69) is 50.2 Å². The summed E-state index contributed by atoms with van der Waals surface area (Å²) < 4.78 is 0. The molecule has 0 saturated heterocycles. The normalized spacial score (nSPS) is 12.5. The first-order valence-electron chi connectivity index (χ1n) is 7.39. The summed E-state index contributed by atoms with van der Waals surface area (Å²) >= 11 is 0. The smallest absolute Gasteiger partial charge is 0.0726 e. The van der Waals surface area contributed by atoms with Crippen LogP contribution in [0.3, 0.4) is 0 Å². The standard InChI is InChI=1S/C19H20N2/c1-3-14-8-10-15(11-9-14)19(20)18-12-13(2)16-6-4-5-7-17(16)21-18/h4-12,19H,3,20H2,1-2H3. The van der Waals surface area contributed by atoms with Crippen LogP contribution in [0.15, 0.2) is 54.6 Å². The van der Waals surface area contributed by atoms with Crippen molar-refractivity contribution in [1.29, 1.82) is 0 Å². The SMILES string of the molecule is CCc1ccc(C(N)c2cc(C)c3ccccc3n2)cc1. The molecule has 1 aromatic heterocycles.